The van der Waals surface area contributed by atoms with Crippen molar-refractivity contribution in [2.45, 2.75) is 0 Å². The molecule has 0 bridgehead atoms. The number of halogens is 3. The maximum Gasteiger partial charge on any atom is 0.257 e. The molecule has 186 valence electrons. The van der Waals surface area contributed by atoms with Gasteiger partial charge in [-0.2, -0.15) is 4.39 Å². The van der Waals surface area contributed by atoms with Crippen LogP contribution < -0.4 is 25.3 Å². The van der Waals surface area contributed by atoms with E-state index in [1.165, 1.54) is 19.4 Å². The van der Waals surface area contributed by atoms with E-state index in [0.717, 1.165) is 18.3 Å². The zero-order valence-corrected chi connectivity index (χ0v) is 19.3. The average molecular weight is 498 g/mol. The molecular weight excluding hydrogens is 477 g/mol. The van der Waals surface area contributed by atoms with Crippen LogP contribution >= 0.6 is 0 Å². The fraction of sp³-hybridized carbons (Fsp3) is 0.160. The summed E-state index contributed by atoms with van der Waals surface area (Å²) in [5.74, 6) is -4.60. The highest BCUT2D eigenvalue weighted by molar-refractivity contribution is 5.98. The number of carbonyl (C=O) groups excluding carboxylic acids is 1. The number of hydrogen-bond acceptors (Lipinski definition) is 7. The number of rotatable bonds is 9. The number of primary amides is 1. The van der Waals surface area contributed by atoms with Crippen molar-refractivity contribution in [2.75, 3.05) is 27.3 Å². The number of ether oxygens (including phenoxy) is 3. The van der Waals surface area contributed by atoms with Gasteiger partial charge in [-0.3, -0.25) is 9.78 Å². The number of benzene rings is 2. The van der Waals surface area contributed by atoms with E-state index in [1.807, 2.05) is 7.05 Å². The van der Waals surface area contributed by atoms with Gasteiger partial charge in [-0.1, -0.05) is 0 Å². The van der Waals surface area contributed by atoms with Gasteiger partial charge in [-0.05, 0) is 42.9 Å². The van der Waals surface area contributed by atoms with E-state index in [4.69, 9.17) is 19.9 Å². The summed E-state index contributed by atoms with van der Waals surface area (Å²) in [4.78, 5) is 19.4. The van der Waals surface area contributed by atoms with Crippen LogP contribution in [-0.4, -0.2) is 43.2 Å². The highest BCUT2D eigenvalue weighted by Crippen LogP contribution is 2.38. The van der Waals surface area contributed by atoms with Gasteiger partial charge >= 0.3 is 0 Å². The van der Waals surface area contributed by atoms with Gasteiger partial charge in [-0.15, -0.1) is 0 Å². The number of carbonyl (C=O) groups is 1. The standard InChI is InChI=1S/C25H21F3N4O4/c1-30-7-8-35-14-3-4-15-19(11-14)31-6-5-20(15)36-23-17(26)9-13(10-18(23)27)16-12-32-24(28)21(25(29)33)22(16)34-2/h3-6,9-12,30H,7-8H2,1-2H3,(H2,29,33). The number of hydrogen-bond donors (Lipinski definition) is 2. The molecule has 0 unspecified atom stereocenters. The van der Waals surface area contributed by atoms with Gasteiger partial charge in [-0.25, -0.2) is 13.8 Å². The summed E-state index contributed by atoms with van der Waals surface area (Å²) < 4.78 is 60.4. The van der Waals surface area contributed by atoms with Gasteiger partial charge in [0.1, 0.15) is 29.4 Å². The molecule has 4 rings (SSSR count). The highest BCUT2D eigenvalue weighted by Gasteiger charge is 2.23. The molecule has 4 aromatic rings. The first kappa shape index (κ1) is 24.7. The summed E-state index contributed by atoms with van der Waals surface area (Å²) in [7, 11) is 2.98. The Bertz CT molecular complexity index is 1430. The maximum atomic E-state index is 15.1. The molecule has 2 aromatic heterocycles. The molecule has 0 fully saturated rings. The molecular formula is C25H21F3N4O4. The number of aromatic nitrogens is 2. The van der Waals surface area contributed by atoms with Crippen molar-refractivity contribution >= 4 is 16.8 Å². The molecule has 3 N–H and O–H groups in total. The van der Waals surface area contributed by atoms with Crippen LogP contribution in [0.1, 0.15) is 10.4 Å². The van der Waals surface area contributed by atoms with Crippen LogP contribution in [0.3, 0.4) is 0 Å². The van der Waals surface area contributed by atoms with Crippen LogP contribution in [0.2, 0.25) is 0 Å². The molecule has 0 radical (unpaired) electrons. The Morgan fingerprint density at radius 3 is 2.47 bits per heavy atom. The number of fused-ring (bicyclic) bond motifs is 1. The summed E-state index contributed by atoms with van der Waals surface area (Å²) in [6.07, 6.45) is 2.43. The lowest BCUT2D eigenvalue weighted by molar-refractivity contribution is 0.0992. The van der Waals surface area contributed by atoms with Crippen LogP contribution in [-0.2, 0) is 0 Å². The third kappa shape index (κ3) is 4.86. The minimum atomic E-state index is -1.16. The Morgan fingerprint density at radius 1 is 1.06 bits per heavy atom. The Kier molecular flexibility index (Phi) is 7.20. The summed E-state index contributed by atoms with van der Waals surface area (Å²) >= 11 is 0. The quantitative estimate of drug-likeness (QED) is 0.263. The zero-order valence-electron chi connectivity index (χ0n) is 19.3. The summed E-state index contributed by atoms with van der Waals surface area (Å²) in [5.41, 5.74) is 4.99. The van der Waals surface area contributed by atoms with Crippen LogP contribution in [0.25, 0.3) is 22.0 Å². The average Bonchev–Trinajstić information content (AvgIpc) is 2.85. The first-order chi connectivity index (χ1) is 17.3. The van der Waals surface area contributed by atoms with Gasteiger partial charge in [0.2, 0.25) is 5.95 Å². The highest BCUT2D eigenvalue weighted by atomic mass is 19.1. The molecule has 0 saturated heterocycles. The molecule has 0 aliphatic rings. The minimum absolute atomic E-state index is 0.0304. The van der Waals surface area contributed by atoms with Crippen LogP contribution in [0.5, 0.6) is 23.0 Å². The summed E-state index contributed by atoms with van der Waals surface area (Å²) in [6, 6.07) is 8.46. The molecule has 0 spiro atoms. The number of pyridine rings is 2. The first-order valence-electron chi connectivity index (χ1n) is 10.7. The number of methoxy groups -OCH3 is 1. The van der Waals surface area contributed by atoms with E-state index < -0.39 is 34.8 Å². The van der Waals surface area contributed by atoms with Gasteiger partial charge < -0.3 is 25.3 Å². The smallest absolute Gasteiger partial charge is 0.257 e. The van der Waals surface area contributed by atoms with Crippen molar-refractivity contribution in [2.24, 2.45) is 5.73 Å². The zero-order chi connectivity index (χ0) is 25.8. The Hall–Kier alpha value is -4.38. The van der Waals surface area contributed by atoms with Crippen molar-refractivity contribution < 1.29 is 32.2 Å². The van der Waals surface area contributed by atoms with Crippen LogP contribution in [0, 0.1) is 17.6 Å². The Morgan fingerprint density at radius 2 is 1.81 bits per heavy atom. The van der Waals surface area contributed by atoms with Crippen molar-refractivity contribution in [3.05, 3.63) is 71.9 Å². The molecule has 0 aliphatic heterocycles. The molecule has 11 heteroatoms. The molecule has 2 aromatic carbocycles. The Balaban J connectivity index is 1.70. The van der Waals surface area contributed by atoms with Crippen molar-refractivity contribution in [3.63, 3.8) is 0 Å². The van der Waals surface area contributed by atoms with Gasteiger partial charge in [0.15, 0.2) is 17.4 Å². The normalized spacial score (nSPS) is 10.9. The monoisotopic (exact) mass is 498 g/mol. The molecule has 0 atom stereocenters. The minimum Gasteiger partial charge on any atom is -0.495 e. The molecule has 2 heterocycles. The molecule has 0 aliphatic carbocycles. The second-order valence-corrected chi connectivity index (χ2v) is 7.55. The van der Waals surface area contributed by atoms with E-state index in [1.54, 1.807) is 18.2 Å². The number of nitrogens with zero attached hydrogens (tertiary/aromatic N) is 2. The van der Waals surface area contributed by atoms with E-state index in [0.29, 0.717) is 29.8 Å². The van der Waals surface area contributed by atoms with Gasteiger partial charge in [0.25, 0.3) is 5.91 Å². The second kappa shape index (κ2) is 10.5. The lowest BCUT2D eigenvalue weighted by atomic mass is 10.0. The number of likely N-dealkylation sites (N-methyl/N-ethyl adjacent to an activating group) is 1. The lowest BCUT2D eigenvalue weighted by Gasteiger charge is -2.15. The predicted octanol–water partition coefficient (Wildman–Crippen LogP) is 4.21. The topological polar surface area (TPSA) is 109 Å². The van der Waals surface area contributed by atoms with Crippen molar-refractivity contribution in [1.29, 1.82) is 0 Å². The molecule has 0 saturated carbocycles. The number of amides is 1. The van der Waals surface area contributed by atoms with E-state index in [2.05, 4.69) is 15.3 Å². The van der Waals surface area contributed by atoms with E-state index >= 15 is 8.78 Å². The maximum absolute atomic E-state index is 15.1. The molecule has 1 amide bonds. The SMILES string of the molecule is CNCCOc1ccc2c(Oc3c(F)cc(-c4cnc(F)c(C(N)=O)c4OC)cc3F)ccnc2c1. The van der Waals surface area contributed by atoms with E-state index in [9.17, 15) is 9.18 Å². The largest absolute Gasteiger partial charge is 0.495 e. The van der Waals surface area contributed by atoms with Crippen molar-refractivity contribution in [3.8, 4) is 34.1 Å². The third-order valence-corrected chi connectivity index (χ3v) is 5.25. The van der Waals surface area contributed by atoms with Gasteiger partial charge in [0.05, 0.1) is 12.6 Å². The third-order valence-electron chi connectivity index (χ3n) is 5.25. The first-order valence-corrected chi connectivity index (χ1v) is 10.7. The predicted molar refractivity (Wildman–Crippen MR) is 126 cm³/mol. The van der Waals surface area contributed by atoms with Crippen LogP contribution in [0.15, 0.2) is 48.8 Å². The fourth-order valence-corrected chi connectivity index (χ4v) is 3.58. The van der Waals surface area contributed by atoms with E-state index in [-0.39, 0.29) is 22.6 Å². The van der Waals surface area contributed by atoms with Gasteiger partial charge in [0, 0.05) is 36.0 Å². The fourth-order valence-electron chi connectivity index (χ4n) is 3.58. The molecule has 8 nitrogen and oxygen atoms in total. The summed E-state index contributed by atoms with van der Waals surface area (Å²) in [5, 5.41) is 3.48. The summed E-state index contributed by atoms with van der Waals surface area (Å²) in [6.45, 7) is 1.11. The van der Waals surface area contributed by atoms with Crippen molar-refractivity contribution in [1.82, 2.24) is 15.3 Å². The second-order valence-electron chi connectivity index (χ2n) is 7.55. The molecule has 36 heavy (non-hydrogen) atoms. The number of nitrogens with two attached hydrogens (primary N) is 1. The lowest BCUT2D eigenvalue weighted by Crippen LogP contribution is -2.16. The van der Waals surface area contributed by atoms with Crippen LogP contribution in [0.4, 0.5) is 13.2 Å². The Labute approximate surface area is 203 Å². The number of nitrogens with one attached hydrogen (secondary N) is 1.